The fourth-order valence-electron chi connectivity index (χ4n) is 3.29. The van der Waals surface area contributed by atoms with Crippen LogP contribution in [0.25, 0.3) is 10.9 Å². The number of fused-ring (bicyclic) bond motifs is 1. The van der Waals surface area contributed by atoms with Gasteiger partial charge in [0.2, 0.25) is 0 Å². The summed E-state index contributed by atoms with van der Waals surface area (Å²) in [5.41, 5.74) is 4.27. The third-order valence-corrected chi connectivity index (χ3v) is 6.78. The molecule has 4 aromatic rings. The quantitative estimate of drug-likeness (QED) is 0.137. The molecule has 2 heterocycles. The van der Waals surface area contributed by atoms with Crippen molar-refractivity contribution in [2.45, 2.75) is 66.7 Å². The van der Waals surface area contributed by atoms with Crippen LogP contribution in [0.5, 0.6) is 5.75 Å². The second kappa shape index (κ2) is 21.8. The largest absolute Gasteiger partial charge is 0.494 e. The second-order valence-corrected chi connectivity index (χ2v) is 8.53. The first-order valence-corrected chi connectivity index (χ1v) is 15.4. The second-order valence-electron chi connectivity index (χ2n) is 6.76. The molecule has 0 fully saturated rings. The highest BCUT2D eigenvalue weighted by Crippen LogP contribution is 2.34. The minimum Gasteiger partial charge on any atom is -0.494 e. The molecule has 3 N–H and O–H groups in total. The predicted molar refractivity (Wildman–Crippen MR) is 174 cm³/mol. The van der Waals surface area contributed by atoms with Gasteiger partial charge in [0, 0.05) is 35.4 Å². The molecule has 0 spiro atoms. The molecule has 0 radical (unpaired) electrons. The molecule has 0 aliphatic carbocycles. The number of aromatic amines is 1. The van der Waals surface area contributed by atoms with E-state index in [1.165, 1.54) is 41.3 Å². The zero-order chi connectivity index (χ0) is 29.6. The summed E-state index contributed by atoms with van der Waals surface area (Å²) in [6, 6.07) is 16.2. The van der Waals surface area contributed by atoms with Crippen molar-refractivity contribution >= 4 is 51.5 Å². The first-order valence-electron chi connectivity index (χ1n) is 13.7. The molecule has 0 saturated carbocycles. The smallest absolute Gasteiger partial charge is 0.349 e. The van der Waals surface area contributed by atoms with Crippen LogP contribution in [0.4, 0.5) is 11.4 Å². The zero-order valence-electron chi connectivity index (χ0n) is 25.2. The molecular weight excluding hydrogens is 526 g/mol. The number of H-pyrrole nitrogens is 1. The Bertz CT molecular complexity index is 1190. The van der Waals surface area contributed by atoms with Gasteiger partial charge in [0.15, 0.2) is 0 Å². The maximum atomic E-state index is 11.8. The molecular formula is C31H47N3O3S2. The highest BCUT2D eigenvalue weighted by atomic mass is 32.2. The van der Waals surface area contributed by atoms with Crippen molar-refractivity contribution in [1.82, 2.24) is 4.98 Å². The summed E-state index contributed by atoms with van der Waals surface area (Å²) in [5.74, 6) is 0.389. The van der Waals surface area contributed by atoms with Crippen LogP contribution < -0.4 is 14.8 Å². The highest BCUT2D eigenvalue weighted by Gasteiger charge is 2.15. The van der Waals surface area contributed by atoms with Crippen molar-refractivity contribution < 1.29 is 14.3 Å². The molecule has 39 heavy (non-hydrogen) atoms. The number of hydrogen-bond donors (Lipinski definition) is 3. The molecule has 0 unspecified atom stereocenters. The van der Waals surface area contributed by atoms with Crippen molar-refractivity contribution in [3.63, 3.8) is 0 Å². The number of anilines is 2. The van der Waals surface area contributed by atoms with E-state index in [-0.39, 0.29) is 5.97 Å². The topological polar surface area (TPSA) is 75.4 Å². The lowest BCUT2D eigenvalue weighted by Crippen LogP contribution is -2.05. The maximum absolute atomic E-state index is 11.8. The van der Waals surface area contributed by atoms with Gasteiger partial charge in [-0.05, 0) is 53.6 Å². The molecule has 6 nitrogen and oxygen atoms in total. The first-order chi connectivity index (χ1) is 19.2. The van der Waals surface area contributed by atoms with Gasteiger partial charge in [-0.1, -0.05) is 73.6 Å². The van der Waals surface area contributed by atoms with Gasteiger partial charge in [0.25, 0.3) is 0 Å². The van der Waals surface area contributed by atoms with Crippen LogP contribution in [-0.4, -0.2) is 31.7 Å². The van der Waals surface area contributed by atoms with E-state index in [0.29, 0.717) is 4.88 Å². The summed E-state index contributed by atoms with van der Waals surface area (Å²) < 4.78 is 13.7. The van der Waals surface area contributed by atoms with Crippen LogP contribution in [0.15, 0.2) is 65.0 Å². The van der Waals surface area contributed by atoms with Crippen LogP contribution in [-0.2, 0) is 11.2 Å². The van der Waals surface area contributed by atoms with Crippen molar-refractivity contribution in [1.29, 1.82) is 0 Å². The van der Waals surface area contributed by atoms with E-state index in [1.54, 1.807) is 7.11 Å². The number of benzene rings is 2. The number of carbonyl (C=O) groups is 1. The Morgan fingerprint density at radius 1 is 0.949 bits per heavy atom. The number of hydrogen-bond acceptors (Lipinski definition) is 7. The van der Waals surface area contributed by atoms with Gasteiger partial charge in [0.1, 0.15) is 10.6 Å². The number of ether oxygens (including phenoxy) is 2. The van der Waals surface area contributed by atoms with Gasteiger partial charge >= 0.3 is 5.97 Å². The Kier molecular flexibility index (Phi) is 20.1. The molecule has 0 aliphatic rings. The van der Waals surface area contributed by atoms with Gasteiger partial charge in [-0.3, -0.25) is 0 Å². The third kappa shape index (κ3) is 10.9. The Balaban J connectivity index is 0.00000166. The van der Waals surface area contributed by atoms with Crippen molar-refractivity contribution in [3.05, 3.63) is 70.5 Å². The van der Waals surface area contributed by atoms with Gasteiger partial charge < -0.3 is 24.5 Å². The number of nitrogens with one attached hydrogen (secondary N) is 3. The molecule has 2 aromatic heterocycles. The molecule has 0 aliphatic heterocycles. The summed E-state index contributed by atoms with van der Waals surface area (Å²) in [6.45, 7) is 16.8. The maximum Gasteiger partial charge on any atom is 0.349 e. The van der Waals surface area contributed by atoms with Gasteiger partial charge in [-0.25, -0.2) is 4.79 Å². The Morgan fingerprint density at radius 3 is 2.31 bits per heavy atom. The van der Waals surface area contributed by atoms with Gasteiger partial charge in [0.05, 0.1) is 24.8 Å². The predicted octanol–water partition coefficient (Wildman–Crippen LogP) is 9.90. The summed E-state index contributed by atoms with van der Waals surface area (Å²) in [5, 5.41) is 6.59. The third-order valence-electron chi connectivity index (χ3n) is 4.87. The van der Waals surface area contributed by atoms with E-state index in [9.17, 15) is 4.79 Å². The van der Waals surface area contributed by atoms with Gasteiger partial charge in [-0.2, -0.15) is 0 Å². The van der Waals surface area contributed by atoms with E-state index in [2.05, 4.69) is 39.4 Å². The van der Waals surface area contributed by atoms with Crippen molar-refractivity contribution in [3.8, 4) is 5.75 Å². The van der Waals surface area contributed by atoms with Crippen LogP contribution in [0.1, 0.15) is 70.6 Å². The lowest BCUT2D eigenvalue weighted by Gasteiger charge is -2.13. The Morgan fingerprint density at radius 2 is 1.64 bits per heavy atom. The van der Waals surface area contributed by atoms with Crippen LogP contribution >= 0.6 is 23.3 Å². The molecule has 0 bridgehead atoms. The van der Waals surface area contributed by atoms with Crippen molar-refractivity contribution in [2.75, 3.05) is 30.8 Å². The number of esters is 1. The van der Waals surface area contributed by atoms with Crippen LogP contribution in [0, 0.1) is 0 Å². The van der Waals surface area contributed by atoms with Crippen molar-refractivity contribution in [2.24, 2.45) is 0 Å². The number of thiophene rings is 1. The fourth-order valence-corrected chi connectivity index (χ4v) is 5.05. The first kappa shape index (κ1) is 35.9. The number of methoxy groups -OCH3 is 2. The average Bonchev–Trinajstić information content (AvgIpc) is 3.67. The number of carbonyl (C=O) groups excluding carboxylic acids is 1. The summed E-state index contributed by atoms with van der Waals surface area (Å²) in [6.07, 6.45) is 2.99. The number of aromatic nitrogens is 1. The molecule has 216 valence electrons. The van der Waals surface area contributed by atoms with E-state index >= 15 is 0 Å². The average molecular weight is 574 g/mol. The van der Waals surface area contributed by atoms with Crippen LogP contribution in [0.3, 0.4) is 0 Å². The van der Waals surface area contributed by atoms with E-state index in [1.807, 2.05) is 91.1 Å². The van der Waals surface area contributed by atoms with Gasteiger partial charge in [-0.15, -0.1) is 11.3 Å². The zero-order valence-corrected chi connectivity index (χ0v) is 26.9. The minimum absolute atomic E-state index is 0.332. The lowest BCUT2D eigenvalue weighted by atomic mass is 10.1. The summed E-state index contributed by atoms with van der Waals surface area (Å²) >= 11 is 2.72. The Hall–Kier alpha value is -3.10. The SMILES string of the molecule is CC.CC.CC.CC.COC(=O)c1sccc1SNc1ccc(NCCc2c[nH]c3ccccc23)cc1OC. The lowest BCUT2D eigenvalue weighted by molar-refractivity contribution is 0.0602. The summed E-state index contributed by atoms with van der Waals surface area (Å²) in [7, 11) is 3.03. The molecule has 0 saturated heterocycles. The van der Waals surface area contributed by atoms with Crippen LogP contribution in [0.2, 0.25) is 0 Å². The number of rotatable bonds is 9. The van der Waals surface area contributed by atoms with E-state index in [4.69, 9.17) is 9.47 Å². The fraction of sp³-hybridized carbons (Fsp3) is 0.387. The Labute approximate surface area is 244 Å². The monoisotopic (exact) mass is 573 g/mol. The normalized spacial score (nSPS) is 9.18. The minimum atomic E-state index is -0.332. The van der Waals surface area contributed by atoms with E-state index in [0.717, 1.165) is 40.5 Å². The molecule has 8 heteroatoms. The molecule has 0 atom stereocenters. The standard InChI is InChI=1S/C23H23N3O3S2.4C2H6/c1-28-20-13-16(24-11-9-15-14-25-18-6-4-3-5-17(15)18)7-8-19(20)26-31-21-10-12-30-22(21)23(27)29-2;4*1-2/h3-8,10,12-14,24-26H,9,11H2,1-2H3;4*1-2H3. The molecule has 4 rings (SSSR count). The highest BCUT2D eigenvalue weighted by molar-refractivity contribution is 8.00. The summed E-state index contributed by atoms with van der Waals surface area (Å²) in [4.78, 5) is 16.6. The molecule has 2 aromatic carbocycles. The number of para-hydroxylation sites is 1. The molecule has 0 amide bonds. The van der Waals surface area contributed by atoms with E-state index < -0.39 is 0 Å².